The van der Waals surface area contributed by atoms with Gasteiger partial charge in [0.1, 0.15) is 0 Å². The van der Waals surface area contributed by atoms with Gasteiger partial charge in [0.15, 0.2) is 0 Å². The van der Waals surface area contributed by atoms with E-state index in [0.717, 1.165) is 13.1 Å². The lowest BCUT2D eigenvalue weighted by molar-refractivity contribution is 0.632. The van der Waals surface area contributed by atoms with Gasteiger partial charge in [-0.2, -0.15) is 0 Å². The van der Waals surface area contributed by atoms with Gasteiger partial charge in [-0.25, -0.2) is 0 Å². The van der Waals surface area contributed by atoms with Gasteiger partial charge in [0, 0.05) is 11.4 Å². The molecule has 0 heterocycles. The van der Waals surface area contributed by atoms with Crippen molar-refractivity contribution in [3.63, 3.8) is 0 Å². The molecule has 0 radical (unpaired) electrons. The van der Waals surface area contributed by atoms with Gasteiger partial charge in [-0.1, -0.05) is 23.8 Å². The van der Waals surface area contributed by atoms with Gasteiger partial charge in [-0.05, 0) is 62.6 Å². The van der Waals surface area contributed by atoms with Crippen LogP contribution in [0.3, 0.4) is 0 Å². The van der Waals surface area contributed by atoms with Crippen LogP contribution in [0.15, 0.2) is 40.8 Å². The fourth-order valence-corrected chi connectivity index (χ4v) is 2.77. The summed E-state index contributed by atoms with van der Waals surface area (Å²) >= 11 is 1.80. The normalized spacial score (nSPS) is 15.5. The topological polar surface area (TPSA) is 12.0 Å². The Morgan fingerprint density at radius 1 is 1.17 bits per heavy atom. The average molecular weight is 261 g/mol. The zero-order valence-corrected chi connectivity index (χ0v) is 12.1. The first-order valence-electron chi connectivity index (χ1n) is 6.90. The van der Waals surface area contributed by atoms with Crippen LogP contribution in [0.1, 0.15) is 37.7 Å². The first-order chi connectivity index (χ1) is 8.88. The molecule has 0 saturated heterocycles. The molecule has 1 N–H and O–H groups in total. The minimum atomic E-state index is 0.988. The first kappa shape index (κ1) is 13.7. The molecule has 0 aromatic heterocycles. The van der Waals surface area contributed by atoms with E-state index in [2.05, 4.69) is 41.9 Å². The summed E-state index contributed by atoms with van der Waals surface area (Å²) in [5, 5.41) is 3.54. The Bertz CT molecular complexity index is 381. The summed E-state index contributed by atoms with van der Waals surface area (Å²) in [4.78, 5) is 1.34. The first-order valence-corrected chi connectivity index (χ1v) is 8.12. The largest absolute Gasteiger partial charge is 0.312 e. The van der Waals surface area contributed by atoms with Gasteiger partial charge in [-0.15, -0.1) is 11.8 Å². The van der Waals surface area contributed by atoms with Crippen LogP contribution in [0.4, 0.5) is 0 Å². The van der Waals surface area contributed by atoms with Gasteiger partial charge >= 0.3 is 0 Å². The number of allylic oxidation sites excluding steroid dienone is 1. The van der Waals surface area contributed by atoms with Gasteiger partial charge in [0.25, 0.3) is 0 Å². The fraction of sp³-hybridized carbons (Fsp3) is 0.500. The SMILES string of the molecule is CSc1ccc(CNCCC2=CCCCC2)cc1. The van der Waals surface area contributed by atoms with Crippen LogP contribution in [0.2, 0.25) is 0 Å². The Labute approximate surface area is 115 Å². The Balaban J connectivity index is 1.66. The van der Waals surface area contributed by atoms with E-state index in [1.807, 2.05) is 0 Å². The number of nitrogens with one attached hydrogen (secondary N) is 1. The van der Waals surface area contributed by atoms with Crippen molar-refractivity contribution >= 4 is 11.8 Å². The third-order valence-electron chi connectivity index (χ3n) is 3.50. The standard InChI is InChI=1S/C16H23NS/c1-18-16-9-7-15(8-10-16)13-17-12-11-14-5-3-2-4-6-14/h5,7-10,17H,2-4,6,11-13H2,1H3. The van der Waals surface area contributed by atoms with Gasteiger partial charge in [0.05, 0.1) is 0 Å². The quantitative estimate of drug-likeness (QED) is 0.463. The molecular weight excluding hydrogens is 238 g/mol. The van der Waals surface area contributed by atoms with E-state index < -0.39 is 0 Å². The molecule has 1 aliphatic rings. The van der Waals surface area contributed by atoms with Crippen molar-refractivity contribution in [1.29, 1.82) is 0 Å². The second-order valence-electron chi connectivity index (χ2n) is 4.88. The molecule has 0 amide bonds. The molecule has 0 atom stereocenters. The van der Waals surface area contributed by atoms with Crippen molar-refractivity contribution in [2.45, 2.75) is 43.5 Å². The van der Waals surface area contributed by atoms with Crippen LogP contribution in [0.25, 0.3) is 0 Å². The predicted molar refractivity (Wildman–Crippen MR) is 81.1 cm³/mol. The van der Waals surface area contributed by atoms with Gasteiger partial charge < -0.3 is 5.32 Å². The average Bonchev–Trinajstić information content (AvgIpc) is 2.45. The fourth-order valence-electron chi connectivity index (χ4n) is 2.36. The van der Waals surface area contributed by atoms with E-state index in [-0.39, 0.29) is 0 Å². The summed E-state index contributed by atoms with van der Waals surface area (Å²) in [6.07, 6.45) is 11.2. The second kappa shape index (κ2) is 7.65. The minimum absolute atomic E-state index is 0.988. The number of hydrogen-bond acceptors (Lipinski definition) is 2. The zero-order valence-electron chi connectivity index (χ0n) is 11.2. The molecule has 2 heteroatoms. The van der Waals surface area contributed by atoms with Crippen molar-refractivity contribution in [3.8, 4) is 0 Å². The van der Waals surface area contributed by atoms with E-state index in [1.165, 1.54) is 42.6 Å². The highest BCUT2D eigenvalue weighted by atomic mass is 32.2. The van der Waals surface area contributed by atoms with E-state index in [4.69, 9.17) is 0 Å². The molecule has 0 bridgehead atoms. The lowest BCUT2D eigenvalue weighted by Gasteiger charge is -2.13. The van der Waals surface area contributed by atoms with Crippen LogP contribution in [0.5, 0.6) is 0 Å². The third kappa shape index (κ3) is 4.51. The van der Waals surface area contributed by atoms with Crippen LogP contribution < -0.4 is 5.32 Å². The maximum Gasteiger partial charge on any atom is 0.0205 e. The molecule has 0 unspecified atom stereocenters. The van der Waals surface area contributed by atoms with Crippen molar-refractivity contribution < 1.29 is 0 Å². The summed E-state index contributed by atoms with van der Waals surface area (Å²) in [7, 11) is 0. The minimum Gasteiger partial charge on any atom is -0.312 e. The number of hydrogen-bond donors (Lipinski definition) is 1. The Morgan fingerprint density at radius 2 is 2.00 bits per heavy atom. The molecule has 1 aliphatic carbocycles. The van der Waals surface area contributed by atoms with Crippen molar-refractivity contribution in [2.24, 2.45) is 0 Å². The molecular formula is C16H23NS. The molecule has 0 aliphatic heterocycles. The summed E-state index contributed by atoms with van der Waals surface area (Å²) in [5.74, 6) is 0. The lowest BCUT2D eigenvalue weighted by Crippen LogP contribution is -2.15. The molecule has 0 saturated carbocycles. The summed E-state index contributed by atoms with van der Waals surface area (Å²) in [6.45, 7) is 2.10. The summed E-state index contributed by atoms with van der Waals surface area (Å²) < 4.78 is 0. The number of thioether (sulfide) groups is 1. The molecule has 18 heavy (non-hydrogen) atoms. The molecule has 2 rings (SSSR count). The number of rotatable bonds is 6. The molecule has 1 aromatic rings. The Hall–Kier alpha value is -0.730. The van der Waals surface area contributed by atoms with Crippen molar-refractivity contribution in [3.05, 3.63) is 41.5 Å². The predicted octanol–water partition coefficient (Wildman–Crippen LogP) is 4.39. The van der Waals surface area contributed by atoms with Gasteiger partial charge in [-0.3, -0.25) is 0 Å². The van der Waals surface area contributed by atoms with E-state index in [9.17, 15) is 0 Å². The smallest absolute Gasteiger partial charge is 0.0205 e. The third-order valence-corrected chi connectivity index (χ3v) is 4.24. The second-order valence-corrected chi connectivity index (χ2v) is 5.76. The maximum absolute atomic E-state index is 3.54. The van der Waals surface area contributed by atoms with E-state index >= 15 is 0 Å². The van der Waals surface area contributed by atoms with Crippen LogP contribution in [0, 0.1) is 0 Å². The van der Waals surface area contributed by atoms with Gasteiger partial charge in [0.2, 0.25) is 0 Å². The number of benzene rings is 1. The lowest BCUT2D eigenvalue weighted by atomic mass is 9.97. The molecule has 0 spiro atoms. The molecule has 98 valence electrons. The molecule has 1 nitrogen and oxygen atoms in total. The van der Waals surface area contributed by atoms with Crippen LogP contribution >= 0.6 is 11.8 Å². The highest BCUT2D eigenvalue weighted by Gasteiger charge is 2.02. The monoisotopic (exact) mass is 261 g/mol. The van der Waals surface area contributed by atoms with Crippen molar-refractivity contribution in [1.82, 2.24) is 5.32 Å². The Kier molecular flexibility index (Phi) is 5.82. The van der Waals surface area contributed by atoms with E-state index in [1.54, 1.807) is 17.3 Å². The zero-order chi connectivity index (χ0) is 12.6. The maximum atomic E-state index is 3.54. The molecule has 0 fully saturated rings. The van der Waals surface area contributed by atoms with Crippen LogP contribution in [-0.2, 0) is 6.54 Å². The van der Waals surface area contributed by atoms with Crippen molar-refractivity contribution in [2.75, 3.05) is 12.8 Å². The highest BCUT2D eigenvalue weighted by molar-refractivity contribution is 7.98. The van der Waals surface area contributed by atoms with Crippen LogP contribution in [-0.4, -0.2) is 12.8 Å². The molecule has 1 aromatic carbocycles. The summed E-state index contributed by atoms with van der Waals surface area (Å²) in [5.41, 5.74) is 3.04. The summed E-state index contributed by atoms with van der Waals surface area (Å²) in [6, 6.07) is 8.84. The van der Waals surface area contributed by atoms with E-state index in [0.29, 0.717) is 0 Å². The highest BCUT2D eigenvalue weighted by Crippen LogP contribution is 2.19. The Morgan fingerprint density at radius 3 is 2.67 bits per heavy atom.